The Kier molecular flexibility index (Phi) is 5.27. The van der Waals surface area contributed by atoms with Gasteiger partial charge in [0.2, 0.25) is 5.91 Å². The van der Waals surface area contributed by atoms with Crippen LogP contribution in [-0.2, 0) is 17.8 Å². The van der Waals surface area contributed by atoms with Crippen molar-refractivity contribution in [1.29, 1.82) is 0 Å². The second-order valence-corrected chi connectivity index (χ2v) is 7.80. The van der Waals surface area contributed by atoms with Crippen LogP contribution in [-0.4, -0.2) is 22.9 Å². The van der Waals surface area contributed by atoms with Gasteiger partial charge in [0.1, 0.15) is 23.1 Å². The van der Waals surface area contributed by atoms with Crippen molar-refractivity contribution in [2.24, 2.45) is 0 Å². The van der Waals surface area contributed by atoms with Gasteiger partial charge in [-0.1, -0.05) is 23.7 Å². The summed E-state index contributed by atoms with van der Waals surface area (Å²) in [7, 11) is 0. The molecule has 0 saturated heterocycles. The smallest absolute Gasteiger partial charge is 0.346 e. The van der Waals surface area contributed by atoms with Gasteiger partial charge in [0, 0.05) is 6.07 Å². The van der Waals surface area contributed by atoms with Crippen LogP contribution in [0.2, 0.25) is 5.02 Å². The van der Waals surface area contributed by atoms with E-state index in [-0.39, 0.29) is 40.0 Å². The predicted molar refractivity (Wildman–Crippen MR) is 109 cm³/mol. The topological polar surface area (TPSA) is 83.9 Å². The molecular formula is C21H13ClFNO5S. The summed E-state index contributed by atoms with van der Waals surface area (Å²) in [5.41, 5.74) is 1.23. The molecule has 4 rings (SSSR count). The minimum absolute atomic E-state index is 0.000741. The number of carboxylic acids is 1. The minimum Gasteiger partial charge on any atom is -0.489 e. The Labute approximate surface area is 179 Å². The molecule has 1 aromatic heterocycles. The molecule has 0 saturated carbocycles. The van der Waals surface area contributed by atoms with Crippen molar-refractivity contribution in [1.82, 2.24) is 0 Å². The molecule has 0 atom stereocenters. The lowest BCUT2D eigenvalue weighted by molar-refractivity contribution is -0.117. The first-order valence-corrected chi connectivity index (χ1v) is 9.98. The molecule has 1 N–H and O–H groups in total. The number of nitrogens with zero attached hydrogens (tertiary/aromatic N) is 1. The summed E-state index contributed by atoms with van der Waals surface area (Å²) in [6, 6.07) is 10.3. The number of carbonyl (C=O) groups is 3. The summed E-state index contributed by atoms with van der Waals surface area (Å²) < 4.78 is 18.7. The number of amides is 2. The minimum atomic E-state index is -1.23. The molecule has 2 amide bonds. The summed E-state index contributed by atoms with van der Waals surface area (Å²) in [6.07, 6.45) is -0.109. The number of ether oxygens (including phenoxy) is 1. The molecule has 0 spiro atoms. The Morgan fingerprint density at radius 2 is 1.93 bits per heavy atom. The van der Waals surface area contributed by atoms with Crippen LogP contribution in [0.15, 0.2) is 47.8 Å². The number of aromatic carboxylic acids is 1. The fraction of sp³-hybridized carbons (Fsp3) is 0.0952. The first kappa shape index (κ1) is 20.1. The number of thiophene rings is 1. The van der Waals surface area contributed by atoms with Crippen molar-refractivity contribution in [2.45, 2.75) is 13.0 Å². The zero-order valence-electron chi connectivity index (χ0n) is 15.2. The molecule has 2 heterocycles. The van der Waals surface area contributed by atoms with Crippen molar-refractivity contribution >= 4 is 46.4 Å². The lowest BCUT2D eigenvalue weighted by atomic mass is 10.0. The van der Waals surface area contributed by atoms with Gasteiger partial charge in [0.05, 0.1) is 22.7 Å². The molecule has 6 nitrogen and oxygen atoms in total. The van der Waals surface area contributed by atoms with E-state index in [9.17, 15) is 23.9 Å². The molecule has 0 radical (unpaired) electrons. The van der Waals surface area contributed by atoms with Crippen molar-refractivity contribution in [3.8, 4) is 5.75 Å². The van der Waals surface area contributed by atoms with Crippen molar-refractivity contribution in [3.63, 3.8) is 0 Å². The van der Waals surface area contributed by atoms with E-state index in [1.165, 1.54) is 29.6 Å². The van der Waals surface area contributed by atoms with E-state index in [0.717, 1.165) is 21.8 Å². The van der Waals surface area contributed by atoms with Crippen LogP contribution in [0.4, 0.5) is 10.1 Å². The average molecular weight is 446 g/mol. The van der Waals surface area contributed by atoms with Crippen molar-refractivity contribution in [3.05, 3.63) is 80.3 Å². The SMILES string of the molecule is O=C(O)c1scc2c1C(=O)N(c1cc(OCc3ccc(F)cc3)ccc1Cl)C(=O)C2. The number of rotatable bonds is 5. The van der Waals surface area contributed by atoms with E-state index in [4.69, 9.17) is 16.3 Å². The number of benzene rings is 2. The summed E-state index contributed by atoms with van der Waals surface area (Å²) in [4.78, 5) is 37.9. The number of carbonyl (C=O) groups excluding carboxylic acids is 2. The van der Waals surface area contributed by atoms with Gasteiger partial charge in [0.25, 0.3) is 5.91 Å². The number of hydrogen-bond acceptors (Lipinski definition) is 5. The van der Waals surface area contributed by atoms with Gasteiger partial charge in [-0.15, -0.1) is 11.3 Å². The quantitative estimate of drug-likeness (QED) is 0.582. The standard InChI is InChI=1S/C21H13ClFNO5S/c22-15-6-5-14(29-9-11-1-3-13(23)4-2-11)8-16(15)24-17(25)7-12-10-30-19(21(27)28)18(12)20(24)26/h1-6,8,10H,7,9H2,(H,27,28). The van der Waals surface area contributed by atoms with Gasteiger partial charge in [-0.3, -0.25) is 9.59 Å². The number of carboxylic acid groups (broad SMARTS) is 1. The molecule has 3 aromatic rings. The molecule has 9 heteroatoms. The summed E-state index contributed by atoms with van der Waals surface area (Å²) in [6.45, 7) is 0.140. The molecule has 30 heavy (non-hydrogen) atoms. The highest BCUT2D eigenvalue weighted by Crippen LogP contribution is 2.36. The van der Waals surface area contributed by atoms with Crippen LogP contribution < -0.4 is 9.64 Å². The molecule has 1 aliphatic heterocycles. The number of anilines is 1. The maximum Gasteiger partial charge on any atom is 0.346 e. The Hall–Kier alpha value is -3.23. The van der Waals surface area contributed by atoms with Crippen LogP contribution in [0.5, 0.6) is 5.75 Å². The lowest BCUT2D eigenvalue weighted by Crippen LogP contribution is -2.42. The average Bonchev–Trinajstić information content (AvgIpc) is 3.14. The Bertz CT molecular complexity index is 1170. The third kappa shape index (κ3) is 3.67. The van der Waals surface area contributed by atoms with Crippen LogP contribution in [0.1, 0.15) is 31.2 Å². The van der Waals surface area contributed by atoms with Gasteiger partial charge in [0.15, 0.2) is 0 Å². The van der Waals surface area contributed by atoms with E-state index < -0.39 is 17.8 Å². The predicted octanol–water partition coefficient (Wildman–Crippen LogP) is 4.55. The number of fused-ring (bicyclic) bond motifs is 1. The van der Waals surface area contributed by atoms with Crippen LogP contribution in [0.25, 0.3) is 0 Å². The lowest BCUT2D eigenvalue weighted by Gasteiger charge is -2.26. The molecular weight excluding hydrogens is 433 g/mol. The first-order chi connectivity index (χ1) is 14.3. The highest BCUT2D eigenvalue weighted by molar-refractivity contribution is 7.12. The summed E-state index contributed by atoms with van der Waals surface area (Å²) in [5.74, 6) is -2.50. The normalized spacial score (nSPS) is 13.3. The zero-order chi connectivity index (χ0) is 21.4. The highest BCUT2D eigenvalue weighted by Gasteiger charge is 2.37. The molecule has 0 aliphatic carbocycles. The third-order valence-electron chi connectivity index (χ3n) is 4.55. The van der Waals surface area contributed by atoms with Gasteiger partial charge in [-0.2, -0.15) is 0 Å². The van der Waals surface area contributed by atoms with Crippen LogP contribution in [0, 0.1) is 5.82 Å². The molecule has 0 fully saturated rings. The van der Waals surface area contributed by atoms with E-state index in [2.05, 4.69) is 0 Å². The maximum atomic E-state index is 13.0. The second-order valence-electron chi connectivity index (χ2n) is 6.51. The fourth-order valence-electron chi connectivity index (χ4n) is 3.13. The van der Waals surface area contributed by atoms with E-state index in [0.29, 0.717) is 11.3 Å². The highest BCUT2D eigenvalue weighted by atomic mass is 35.5. The molecule has 1 aliphatic rings. The van der Waals surface area contributed by atoms with Gasteiger partial charge in [-0.25, -0.2) is 14.1 Å². The Morgan fingerprint density at radius 3 is 2.63 bits per heavy atom. The van der Waals surface area contributed by atoms with Gasteiger partial charge < -0.3 is 9.84 Å². The number of imide groups is 1. The van der Waals surface area contributed by atoms with Crippen LogP contribution >= 0.6 is 22.9 Å². The third-order valence-corrected chi connectivity index (χ3v) is 5.88. The monoisotopic (exact) mass is 445 g/mol. The van der Waals surface area contributed by atoms with E-state index in [1.807, 2.05) is 0 Å². The van der Waals surface area contributed by atoms with Crippen molar-refractivity contribution in [2.75, 3.05) is 4.90 Å². The zero-order valence-corrected chi connectivity index (χ0v) is 16.8. The Balaban J connectivity index is 1.64. The van der Waals surface area contributed by atoms with Gasteiger partial charge >= 0.3 is 5.97 Å². The molecule has 0 bridgehead atoms. The van der Waals surface area contributed by atoms with Crippen molar-refractivity contribution < 1.29 is 28.6 Å². The van der Waals surface area contributed by atoms with E-state index in [1.54, 1.807) is 18.2 Å². The molecule has 2 aromatic carbocycles. The number of halogens is 2. The van der Waals surface area contributed by atoms with E-state index >= 15 is 0 Å². The second kappa shape index (κ2) is 7.89. The first-order valence-electron chi connectivity index (χ1n) is 8.73. The van der Waals surface area contributed by atoms with Crippen LogP contribution in [0.3, 0.4) is 0 Å². The molecule has 0 unspecified atom stereocenters. The largest absolute Gasteiger partial charge is 0.489 e. The number of hydrogen-bond donors (Lipinski definition) is 1. The van der Waals surface area contributed by atoms with Gasteiger partial charge in [-0.05, 0) is 40.8 Å². The molecule has 152 valence electrons. The Morgan fingerprint density at radius 1 is 1.20 bits per heavy atom. The maximum absolute atomic E-state index is 13.0. The summed E-state index contributed by atoms with van der Waals surface area (Å²) in [5, 5.41) is 11.0. The fourth-order valence-corrected chi connectivity index (χ4v) is 4.23. The summed E-state index contributed by atoms with van der Waals surface area (Å²) >= 11 is 7.15.